The summed E-state index contributed by atoms with van der Waals surface area (Å²) < 4.78 is 1.97. The van der Waals surface area contributed by atoms with Crippen LogP contribution in [-0.4, -0.2) is 57.6 Å². The van der Waals surface area contributed by atoms with E-state index >= 15 is 0 Å². The van der Waals surface area contributed by atoms with Gasteiger partial charge in [0.15, 0.2) is 0 Å². The van der Waals surface area contributed by atoms with Gasteiger partial charge in [0.05, 0.1) is 17.9 Å². The molecule has 25 heavy (non-hydrogen) atoms. The van der Waals surface area contributed by atoms with Crippen LogP contribution >= 0.6 is 0 Å². The molecule has 2 aliphatic rings. The molecule has 0 saturated carbocycles. The third kappa shape index (κ3) is 4.21. The molecule has 1 saturated heterocycles. The van der Waals surface area contributed by atoms with Crippen LogP contribution in [0.25, 0.3) is 0 Å². The number of rotatable bonds is 6. The molecule has 1 atom stereocenters. The maximum atomic E-state index is 12.7. The number of hydrogen-bond acceptors (Lipinski definition) is 4. The summed E-state index contributed by atoms with van der Waals surface area (Å²) in [7, 11) is 0. The van der Waals surface area contributed by atoms with Crippen molar-refractivity contribution >= 4 is 11.8 Å². The molecule has 1 fully saturated rings. The average Bonchev–Trinajstić information content (AvgIpc) is 3.08. The number of unbranched alkanes of at least 4 members (excludes halogenated alkanes) is 1. The Bertz CT molecular complexity index is 607. The number of aliphatic hydroxyl groups is 1. The first-order valence-electron chi connectivity index (χ1n) is 9.42. The maximum Gasteiger partial charge on any atom is 0.271 e. The van der Waals surface area contributed by atoms with Crippen LogP contribution < -0.4 is 5.32 Å². The number of hydrogen-bond donors (Lipinski definition) is 2. The highest BCUT2D eigenvalue weighted by Gasteiger charge is 2.31. The van der Waals surface area contributed by atoms with Gasteiger partial charge in [0.2, 0.25) is 5.91 Å². The predicted octanol–water partition coefficient (Wildman–Crippen LogP) is 0.960. The first-order valence-corrected chi connectivity index (χ1v) is 9.42. The van der Waals surface area contributed by atoms with E-state index in [2.05, 4.69) is 10.3 Å². The fourth-order valence-corrected chi connectivity index (χ4v) is 3.75. The van der Waals surface area contributed by atoms with Gasteiger partial charge in [-0.15, -0.1) is 0 Å². The number of likely N-dealkylation sites (tertiary alicyclic amines) is 1. The summed E-state index contributed by atoms with van der Waals surface area (Å²) in [4.78, 5) is 31.3. The summed E-state index contributed by atoms with van der Waals surface area (Å²) in [5, 5.41) is 11.6. The van der Waals surface area contributed by atoms with E-state index in [0.29, 0.717) is 31.6 Å². The number of fused-ring (bicyclic) bond motifs is 1. The van der Waals surface area contributed by atoms with Crippen LogP contribution in [0, 0.1) is 5.92 Å². The number of nitrogens with one attached hydrogen (secondary N) is 1. The first-order chi connectivity index (χ1) is 12.2. The number of piperidine rings is 1. The molecule has 3 rings (SSSR count). The summed E-state index contributed by atoms with van der Waals surface area (Å²) in [6.07, 6.45) is 8.05. The van der Waals surface area contributed by atoms with Crippen molar-refractivity contribution in [3.8, 4) is 0 Å². The number of aromatic nitrogens is 2. The topological polar surface area (TPSA) is 87.5 Å². The Morgan fingerprint density at radius 1 is 1.24 bits per heavy atom. The van der Waals surface area contributed by atoms with Gasteiger partial charge >= 0.3 is 0 Å². The highest BCUT2D eigenvalue weighted by molar-refractivity contribution is 5.93. The zero-order chi connectivity index (χ0) is 17.6. The zero-order valence-corrected chi connectivity index (χ0v) is 14.7. The summed E-state index contributed by atoms with van der Waals surface area (Å²) >= 11 is 0. The van der Waals surface area contributed by atoms with Crippen molar-refractivity contribution in [2.75, 3.05) is 26.2 Å². The van der Waals surface area contributed by atoms with Crippen LogP contribution in [0.1, 0.15) is 54.7 Å². The number of carbonyl (C=O) groups is 2. The maximum absolute atomic E-state index is 12.7. The number of aliphatic hydroxyl groups excluding tert-OH is 1. The molecular weight excluding hydrogens is 320 g/mol. The lowest BCUT2D eigenvalue weighted by Crippen LogP contribution is -2.42. The molecule has 0 radical (unpaired) electrons. The highest BCUT2D eigenvalue weighted by Crippen LogP contribution is 2.25. The summed E-state index contributed by atoms with van der Waals surface area (Å²) in [5.74, 6) is 0.0989. The van der Waals surface area contributed by atoms with Gasteiger partial charge in [-0.05, 0) is 44.9 Å². The lowest BCUT2D eigenvalue weighted by Gasteiger charge is -2.32. The normalized spacial score (nSPS) is 20.2. The Balaban J connectivity index is 1.58. The van der Waals surface area contributed by atoms with Crippen molar-refractivity contribution < 1.29 is 14.7 Å². The SMILES string of the molecule is O=C(NCCCCO)c1ncn2c1CCC(C(=O)N1CCCCC1)C2. The Kier molecular flexibility index (Phi) is 6.07. The standard InChI is InChI=1S/C18H28N4O3/c23-11-5-2-8-19-17(24)16-15-7-6-14(12-22(15)13-20-16)18(25)21-9-3-1-4-10-21/h13-14,23H,1-12H2,(H,19,24). The number of imidazole rings is 1. The molecule has 0 bridgehead atoms. The fraction of sp³-hybridized carbons (Fsp3) is 0.722. The minimum Gasteiger partial charge on any atom is -0.396 e. The van der Waals surface area contributed by atoms with Gasteiger partial charge in [0.25, 0.3) is 5.91 Å². The van der Waals surface area contributed by atoms with Crippen molar-refractivity contribution in [2.24, 2.45) is 5.92 Å². The first kappa shape index (κ1) is 17.9. The van der Waals surface area contributed by atoms with Crippen molar-refractivity contribution in [1.82, 2.24) is 19.8 Å². The van der Waals surface area contributed by atoms with Gasteiger partial charge in [0.1, 0.15) is 5.69 Å². The average molecular weight is 348 g/mol. The molecular formula is C18H28N4O3. The van der Waals surface area contributed by atoms with Crippen LogP contribution in [0.3, 0.4) is 0 Å². The van der Waals surface area contributed by atoms with Gasteiger partial charge in [0, 0.05) is 32.8 Å². The Morgan fingerprint density at radius 2 is 2.04 bits per heavy atom. The predicted molar refractivity (Wildman–Crippen MR) is 93.1 cm³/mol. The molecule has 7 heteroatoms. The van der Waals surface area contributed by atoms with E-state index in [1.807, 2.05) is 9.47 Å². The molecule has 7 nitrogen and oxygen atoms in total. The van der Waals surface area contributed by atoms with Crippen LogP contribution in [0.5, 0.6) is 0 Å². The fourth-order valence-electron chi connectivity index (χ4n) is 3.75. The monoisotopic (exact) mass is 348 g/mol. The molecule has 0 spiro atoms. The quantitative estimate of drug-likeness (QED) is 0.750. The van der Waals surface area contributed by atoms with E-state index in [9.17, 15) is 9.59 Å². The molecule has 2 N–H and O–H groups in total. The molecule has 2 amide bonds. The van der Waals surface area contributed by atoms with E-state index in [1.54, 1.807) is 6.33 Å². The molecule has 1 aromatic rings. The summed E-state index contributed by atoms with van der Waals surface area (Å²) in [6, 6.07) is 0. The molecule has 2 aliphatic heterocycles. The van der Waals surface area contributed by atoms with E-state index in [4.69, 9.17) is 5.11 Å². The molecule has 1 unspecified atom stereocenters. The van der Waals surface area contributed by atoms with Crippen LogP contribution in [-0.2, 0) is 17.8 Å². The lowest BCUT2D eigenvalue weighted by molar-refractivity contribution is -0.137. The minimum absolute atomic E-state index is 0.000246. The molecule has 0 aromatic carbocycles. The lowest BCUT2D eigenvalue weighted by atomic mass is 9.94. The summed E-state index contributed by atoms with van der Waals surface area (Å²) in [6.45, 7) is 3.07. The van der Waals surface area contributed by atoms with Crippen molar-refractivity contribution in [3.63, 3.8) is 0 Å². The van der Waals surface area contributed by atoms with Gasteiger partial charge in [-0.3, -0.25) is 9.59 Å². The Labute approximate surface area is 148 Å². The molecule has 0 aliphatic carbocycles. The second-order valence-electron chi connectivity index (χ2n) is 7.00. The third-order valence-corrected chi connectivity index (χ3v) is 5.20. The Hall–Kier alpha value is -1.89. The van der Waals surface area contributed by atoms with Gasteiger partial charge in [-0.25, -0.2) is 4.98 Å². The van der Waals surface area contributed by atoms with Crippen molar-refractivity contribution in [1.29, 1.82) is 0 Å². The number of carbonyl (C=O) groups excluding carboxylic acids is 2. The second kappa shape index (κ2) is 8.47. The number of nitrogens with zero attached hydrogens (tertiary/aromatic N) is 3. The van der Waals surface area contributed by atoms with Gasteiger partial charge < -0.3 is 19.9 Å². The zero-order valence-electron chi connectivity index (χ0n) is 14.7. The van der Waals surface area contributed by atoms with E-state index < -0.39 is 0 Å². The van der Waals surface area contributed by atoms with Crippen LogP contribution in [0.4, 0.5) is 0 Å². The molecule has 138 valence electrons. The smallest absolute Gasteiger partial charge is 0.271 e. The van der Waals surface area contributed by atoms with E-state index in [0.717, 1.165) is 44.5 Å². The third-order valence-electron chi connectivity index (χ3n) is 5.20. The molecule has 1 aromatic heterocycles. The van der Waals surface area contributed by atoms with Gasteiger partial charge in [-0.1, -0.05) is 0 Å². The van der Waals surface area contributed by atoms with E-state index in [-0.39, 0.29) is 24.3 Å². The highest BCUT2D eigenvalue weighted by atomic mass is 16.3. The molecule has 3 heterocycles. The second-order valence-corrected chi connectivity index (χ2v) is 7.00. The number of amides is 2. The van der Waals surface area contributed by atoms with Crippen molar-refractivity contribution in [3.05, 3.63) is 17.7 Å². The van der Waals surface area contributed by atoms with E-state index in [1.165, 1.54) is 6.42 Å². The van der Waals surface area contributed by atoms with Gasteiger partial charge in [-0.2, -0.15) is 0 Å². The Morgan fingerprint density at radius 3 is 2.80 bits per heavy atom. The summed E-state index contributed by atoms with van der Waals surface area (Å²) in [5.41, 5.74) is 1.41. The van der Waals surface area contributed by atoms with Crippen molar-refractivity contribution in [2.45, 2.75) is 51.5 Å². The largest absolute Gasteiger partial charge is 0.396 e. The minimum atomic E-state index is -0.160. The van der Waals surface area contributed by atoms with Crippen LogP contribution in [0.2, 0.25) is 0 Å². The van der Waals surface area contributed by atoms with Crippen LogP contribution in [0.15, 0.2) is 6.33 Å².